The Morgan fingerprint density at radius 2 is 1.69 bits per heavy atom. The van der Waals surface area contributed by atoms with Gasteiger partial charge in [-0.1, -0.05) is 20.8 Å². The van der Waals surface area contributed by atoms with E-state index in [1.165, 1.54) is 20.8 Å². The van der Waals surface area contributed by atoms with Gasteiger partial charge in [0.25, 0.3) is 5.91 Å². The van der Waals surface area contributed by atoms with Gasteiger partial charge in [-0.25, -0.2) is 4.79 Å². The zero-order valence-electron chi connectivity index (χ0n) is 7.59. The number of rotatable bonds is 2. The summed E-state index contributed by atoms with van der Waals surface area (Å²) in [6, 6.07) is 0. The van der Waals surface area contributed by atoms with Crippen LogP contribution in [0.3, 0.4) is 0 Å². The molecule has 0 spiro atoms. The summed E-state index contributed by atoms with van der Waals surface area (Å²) in [6.07, 6.45) is 0. The van der Waals surface area contributed by atoms with E-state index >= 15 is 0 Å². The molecule has 76 valence electrons. The van der Waals surface area contributed by atoms with Crippen LogP contribution in [-0.4, -0.2) is 27.7 Å². The summed E-state index contributed by atoms with van der Waals surface area (Å²) < 4.78 is 11.7. The van der Waals surface area contributed by atoms with E-state index in [2.05, 4.69) is 0 Å². The van der Waals surface area contributed by atoms with Crippen LogP contribution in [0.2, 0.25) is 0 Å². The van der Waals surface area contributed by atoms with E-state index < -0.39 is 22.9 Å². The average Bonchev–Trinajstić information content (AvgIpc) is 1.98. The number of hydrogen-bond acceptors (Lipinski definition) is 3. The largest absolute Gasteiger partial charge is 0.479 e. The molecule has 1 amide bonds. The van der Waals surface area contributed by atoms with Crippen LogP contribution in [-0.2, 0) is 9.59 Å². The Morgan fingerprint density at radius 1 is 1.31 bits per heavy atom. The Kier molecular flexibility index (Phi) is 3.00. The van der Waals surface area contributed by atoms with Gasteiger partial charge in [-0.3, -0.25) is 4.79 Å². The summed E-state index contributed by atoms with van der Waals surface area (Å²) in [5.41, 5.74) is -3.44. The molecule has 6 heteroatoms. The molecule has 0 aromatic rings. The van der Waals surface area contributed by atoms with Crippen molar-refractivity contribution in [2.45, 2.75) is 26.4 Å². The highest BCUT2D eigenvalue weighted by molar-refractivity contribution is 6.05. The van der Waals surface area contributed by atoms with Gasteiger partial charge in [0.2, 0.25) is 5.60 Å². The smallest absolute Gasteiger partial charge is 0.346 e. The van der Waals surface area contributed by atoms with Gasteiger partial charge in [-0.05, 0) is 0 Å². The first-order chi connectivity index (χ1) is 5.67. The van der Waals surface area contributed by atoms with Crippen molar-refractivity contribution in [2.24, 2.45) is 5.41 Å². The lowest BCUT2D eigenvalue weighted by molar-refractivity contribution is -0.180. The number of hydrogen-bond donors (Lipinski definition) is 3. The van der Waals surface area contributed by atoms with E-state index in [9.17, 15) is 19.2 Å². The summed E-state index contributed by atoms with van der Waals surface area (Å²) in [5.74, 6) is -3.36. The molecule has 13 heavy (non-hydrogen) atoms. The van der Waals surface area contributed by atoms with Gasteiger partial charge in [0.1, 0.15) is 0 Å². The van der Waals surface area contributed by atoms with Crippen LogP contribution >= 0.6 is 0 Å². The highest BCUT2D eigenvalue weighted by atomic mass is 19.2. The molecule has 5 nitrogen and oxygen atoms in total. The number of carboxylic acid groups (broad SMARTS) is 1. The number of nitrogens with one attached hydrogen (secondary N) is 1. The van der Waals surface area contributed by atoms with Crippen LogP contribution in [0.1, 0.15) is 20.8 Å². The van der Waals surface area contributed by atoms with Gasteiger partial charge in [-0.15, -0.1) is 4.48 Å². The molecule has 0 aliphatic rings. The topological polar surface area (TPSA) is 86.6 Å². The number of carbonyl (C=O) groups excluding carboxylic acids is 1. The van der Waals surface area contributed by atoms with E-state index in [1.807, 2.05) is 0 Å². The first kappa shape index (κ1) is 11.8. The summed E-state index contributed by atoms with van der Waals surface area (Å²) in [4.78, 5) is 21.4. The van der Waals surface area contributed by atoms with Crippen LogP contribution in [0.5, 0.6) is 0 Å². The van der Waals surface area contributed by atoms with Crippen molar-refractivity contribution in [1.82, 2.24) is 5.54 Å². The number of amides is 1. The third kappa shape index (κ3) is 1.77. The molecule has 0 fully saturated rings. The Labute approximate surface area is 74.5 Å². The number of carbonyl (C=O) groups is 2. The quantitative estimate of drug-likeness (QED) is 0.420. The van der Waals surface area contributed by atoms with E-state index in [0.717, 1.165) is 0 Å². The van der Waals surface area contributed by atoms with Gasteiger partial charge in [0.05, 0.1) is 0 Å². The predicted octanol–water partition coefficient (Wildman–Crippen LogP) is -0.151. The Hall–Kier alpha value is -1.17. The minimum atomic E-state index is -2.76. The van der Waals surface area contributed by atoms with E-state index in [1.54, 1.807) is 0 Å². The Morgan fingerprint density at radius 3 is 1.77 bits per heavy atom. The molecule has 0 heterocycles. The fourth-order valence-corrected chi connectivity index (χ4v) is 0.827. The molecule has 3 N–H and O–H groups in total. The van der Waals surface area contributed by atoms with Crippen molar-refractivity contribution in [2.75, 3.05) is 0 Å². The maximum Gasteiger partial charge on any atom is 0.346 e. The molecule has 0 aliphatic heterocycles. The summed E-state index contributed by atoms with van der Waals surface area (Å²) in [7, 11) is 0. The van der Waals surface area contributed by atoms with Crippen LogP contribution in [0.25, 0.3) is 0 Å². The highest BCUT2D eigenvalue weighted by Gasteiger charge is 2.54. The van der Waals surface area contributed by atoms with Crippen LogP contribution in [0.4, 0.5) is 4.48 Å². The van der Waals surface area contributed by atoms with Crippen molar-refractivity contribution in [3.63, 3.8) is 0 Å². The number of aliphatic carboxylic acids is 1. The van der Waals surface area contributed by atoms with Gasteiger partial charge < -0.3 is 10.2 Å². The second-order valence-corrected chi connectivity index (χ2v) is 3.69. The van der Waals surface area contributed by atoms with Gasteiger partial charge in [-0.2, -0.15) is 5.54 Å². The minimum absolute atomic E-state index is 0.624. The lowest BCUT2D eigenvalue weighted by Crippen LogP contribution is -2.59. The standard InChI is InChI=1S/C7H12FNO4/c1-6(2,3)7(13,5(11)12)4(10)9-8/h13H,1-3H3,(H,9,10)(H,11,12). The third-order valence-electron chi connectivity index (χ3n) is 1.81. The SMILES string of the molecule is CC(C)(C)C(O)(C(=O)O)C(=O)NF. The van der Waals surface area contributed by atoms with E-state index in [4.69, 9.17) is 5.11 Å². The zero-order valence-corrected chi connectivity index (χ0v) is 7.59. The van der Waals surface area contributed by atoms with Gasteiger partial charge >= 0.3 is 5.97 Å². The number of halogens is 1. The summed E-state index contributed by atoms with van der Waals surface area (Å²) in [6.45, 7) is 3.95. The molecule has 1 unspecified atom stereocenters. The second-order valence-electron chi connectivity index (χ2n) is 3.69. The first-order valence-electron chi connectivity index (χ1n) is 3.54. The molecule has 0 radical (unpaired) electrons. The predicted molar refractivity (Wildman–Crippen MR) is 41.3 cm³/mol. The van der Waals surface area contributed by atoms with Crippen LogP contribution in [0, 0.1) is 5.41 Å². The molecule has 0 saturated heterocycles. The zero-order chi connectivity index (χ0) is 10.9. The molecule has 0 rings (SSSR count). The van der Waals surface area contributed by atoms with E-state index in [0.29, 0.717) is 5.54 Å². The van der Waals surface area contributed by atoms with Crippen LogP contribution < -0.4 is 5.54 Å². The Bertz CT molecular complexity index is 235. The second kappa shape index (κ2) is 3.29. The molecule has 0 bridgehead atoms. The third-order valence-corrected chi connectivity index (χ3v) is 1.81. The van der Waals surface area contributed by atoms with Gasteiger partial charge in [0.15, 0.2) is 0 Å². The minimum Gasteiger partial charge on any atom is -0.479 e. The normalized spacial score (nSPS) is 16.1. The molecule has 0 aromatic carbocycles. The van der Waals surface area contributed by atoms with Crippen molar-refractivity contribution in [3.8, 4) is 0 Å². The van der Waals surface area contributed by atoms with Crippen LogP contribution in [0.15, 0.2) is 0 Å². The first-order valence-corrected chi connectivity index (χ1v) is 3.54. The summed E-state index contributed by atoms with van der Waals surface area (Å²) in [5, 5.41) is 18.0. The molecule has 1 atom stereocenters. The summed E-state index contributed by atoms with van der Waals surface area (Å²) >= 11 is 0. The molecular formula is C7H12FNO4. The van der Waals surface area contributed by atoms with E-state index in [-0.39, 0.29) is 0 Å². The molecule has 0 aromatic heterocycles. The fraction of sp³-hybridized carbons (Fsp3) is 0.714. The van der Waals surface area contributed by atoms with Crippen molar-refractivity contribution >= 4 is 11.9 Å². The molecule has 0 aliphatic carbocycles. The maximum absolute atomic E-state index is 11.7. The van der Waals surface area contributed by atoms with Crippen molar-refractivity contribution < 1.29 is 24.3 Å². The molecular weight excluding hydrogens is 181 g/mol. The van der Waals surface area contributed by atoms with Crippen molar-refractivity contribution in [3.05, 3.63) is 0 Å². The monoisotopic (exact) mass is 193 g/mol. The highest BCUT2D eigenvalue weighted by Crippen LogP contribution is 2.30. The Balaban J connectivity index is 5.20. The number of carboxylic acids is 1. The lowest BCUT2D eigenvalue weighted by atomic mass is 9.76. The number of aliphatic hydroxyl groups is 1. The average molecular weight is 193 g/mol. The fourth-order valence-electron chi connectivity index (χ4n) is 0.827. The van der Waals surface area contributed by atoms with Crippen molar-refractivity contribution in [1.29, 1.82) is 0 Å². The maximum atomic E-state index is 11.7. The van der Waals surface area contributed by atoms with Gasteiger partial charge in [0, 0.05) is 5.41 Å². The molecule has 0 saturated carbocycles. The lowest BCUT2D eigenvalue weighted by Gasteiger charge is -2.33.